The molecule has 0 aromatic heterocycles. The summed E-state index contributed by atoms with van der Waals surface area (Å²) in [7, 11) is -4.63. The zero-order valence-corrected chi connectivity index (χ0v) is 19.1. The number of ether oxygens (including phenoxy) is 1. The van der Waals surface area contributed by atoms with Crippen LogP contribution in [0, 0.1) is 5.82 Å². The normalized spacial score (nSPS) is 17.0. The van der Waals surface area contributed by atoms with Crippen LogP contribution in [0.4, 0.5) is 46.9 Å². The fourth-order valence-electron chi connectivity index (χ4n) is 3.44. The molecule has 0 aliphatic carbocycles. The molecule has 2 aromatic rings. The van der Waals surface area contributed by atoms with Gasteiger partial charge in [0.05, 0.1) is 16.6 Å². The lowest BCUT2D eigenvalue weighted by Crippen LogP contribution is -2.33. The van der Waals surface area contributed by atoms with Crippen molar-refractivity contribution in [3.63, 3.8) is 0 Å². The Kier molecular flexibility index (Phi) is 8.15. The van der Waals surface area contributed by atoms with Crippen LogP contribution < -0.4 is 15.4 Å². The Morgan fingerprint density at radius 3 is 2.33 bits per heavy atom. The number of hydrogen-bond acceptors (Lipinski definition) is 4. The monoisotopic (exact) mass is 543 g/mol. The van der Waals surface area contributed by atoms with E-state index in [0.717, 1.165) is 31.0 Å². The van der Waals surface area contributed by atoms with E-state index < -0.39 is 63.0 Å². The molecular formula is C21H20F7N3O4S. The van der Waals surface area contributed by atoms with Crippen LogP contribution in [-0.2, 0) is 20.9 Å². The molecule has 2 aromatic carbocycles. The summed E-state index contributed by atoms with van der Waals surface area (Å²) in [6.07, 6.45) is -8.39. The fraction of sp³-hybridized carbons (Fsp3) is 0.381. The van der Waals surface area contributed by atoms with Crippen molar-refractivity contribution in [3.05, 3.63) is 53.3 Å². The van der Waals surface area contributed by atoms with Gasteiger partial charge >= 0.3 is 18.4 Å². The lowest BCUT2D eigenvalue weighted by Gasteiger charge is -2.25. The average molecular weight is 543 g/mol. The van der Waals surface area contributed by atoms with Crippen molar-refractivity contribution in [2.45, 2.75) is 42.6 Å². The van der Waals surface area contributed by atoms with Crippen molar-refractivity contribution in [3.8, 4) is 0 Å². The summed E-state index contributed by atoms with van der Waals surface area (Å²) in [6, 6.07) is 3.90. The summed E-state index contributed by atoms with van der Waals surface area (Å²) in [5.74, 6) is -1.55. The first kappa shape index (κ1) is 27.7. The number of nitrogens with one attached hydrogen (secondary N) is 3. The summed E-state index contributed by atoms with van der Waals surface area (Å²) >= 11 is 0. The van der Waals surface area contributed by atoms with Gasteiger partial charge in [-0.2, -0.15) is 26.3 Å². The van der Waals surface area contributed by atoms with Gasteiger partial charge in [0.2, 0.25) is 10.0 Å². The van der Waals surface area contributed by atoms with Crippen LogP contribution in [0.5, 0.6) is 0 Å². The minimum Gasteiger partial charge on any atom is -0.373 e. The maximum Gasteiger partial charge on any atom is 0.419 e. The molecule has 1 aliphatic rings. The third-order valence-electron chi connectivity index (χ3n) is 5.10. The molecule has 1 heterocycles. The lowest BCUT2D eigenvalue weighted by molar-refractivity contribution is -0.140. The minimum atomic E-state index is -5.02. The highest BCUT2D eigenvalue weighted by Gasteiger charge is 2.34. The van der Waals surface area contributed by atoms with Crippen molar-refractivity contribution in [1.29, 1.82) is 0 Å². The molecule has 0 bridgehead atoms. The smallest absolute Gasteiger partial charge is 0.373 e. The van der Waals surface area contributed by atoms with Crippen LogP contribution >= 0.6 is 0 Å². The van der Waals surface area contributed by atoms with Crippen molar-refractivity contribution in [2.24, 2.45) is 0 Å². The molecule has 7 nitrogen and oxygen atoms in total. The number of amides is 2. The molecule has 1 atom stereocenters. The number of alkyl halides is 6. The first-order valence-electron chi connectivity index (χ1n) is 10.4. The van der Waals surface area contributed by atoms with Gasteiger partial charge in [0.25, 0.3) is 0 Å². The van der Waals surface area contributed by atoms with Gasteiger partial charge in [-0.15, -0.1) is 0 Å². The van der Waals surface area contributed by atoms with Crippen molar-refractivity contribution in [1.82, 2.24) is 4.72 Å². The third kappa shape index (κ3) is 7.30. The number of sulfonamides is 1. The van der Waals surface area contributed by atoms with Crippen LogP contribution in [0.3, 0.4) is 0 Å². The van der Waals surface area contributed by atoms with E-state index in [1.807, 2.05) is 0 Å². The van der Waals surface area contributed by atoms with Gasteiger partial charge in [0, 0.05) is 23.5 Å². The van der Waals surface area contributed by atoms with Crippen molar-refractivity contribution >= 4 is 27.4 Å². The third-order valence-corrected chi connectivity index (χ3v) is 6.50. The van der Waals surface area contributed by atoms with E-state index in [9.17, 15) is 43.9 Å². The van der Waals surface area contributed by atoms with E-state index in [1.54, 1.807) is 0 Å². The molecule has 0 radical (unpaired) electrons. The van der Waals surface area contributed by atoms with Gasteiger partial charge in [-0.3, -0.25) is 0 Å². The Bertz CT molecular complexity index is 1210. The SMILES string of the molecule is O=C(Nc1ccc(F)c(C(F)(F)F)c1)Nc1cc(S(=O)(=O)NCC(F)(F)F)ccc1C1CCCCO1. The fourth-order valence-corrected chi connectivity index (χ4v) is 4.48. The average Bonchev–Trinajstić information content (AvgIpc) is 2.78. The second-order valence-electron chi connectivity index (χ2n) is 7.82. The van der Waals surface area contributed by atoms with Crippen molar-refractivity contribution in [2.75, 3.05) is 23.8 Å². The van der Waals surface area contributed by atoms with E-state index in [-0.39, 0.29) is 5.69 Å². The molecule has 36 heavy (non-hydrogen) atoms. The quantitative estimate of drug-likeness (QED) is 0.415. The Labute approximate surface area is 201 Å². The van der Waals surface area contributed by atoms with Gasteiger partial charge in [0.15, 0.2) is 0 Å². The van der Waals surface area contributed by atoms with E-state index in [1.165, 1.54) is 10.8 Å². The highest BCUT2D eigenvalue weighted by Crippen LogP contribution is 2.35. The number of halogens is 7. The van der Waals surface area contributed by atoms with Crippen LogP contribution in [0.2, 0.25) is 0 Å². The molecule has 1 unspecified atom stereocenters. The Morgan fingerprint density at radius 1 is 1.00 bits per heavy atom. The zero-order chi connectivity index (χ0) is 26.7. The summed E-state index contributed by atoms with van der Waals surface area (Å²) in [4.78, 5) is 11.9. The minimum absolute atomic E-state index is 0.146. The predicted molar refractivity (Wildman–Crippen MR) is 114 cm³/mol. The second-order valence-corrected chi connectivity index (χ2v) is 9.58. The Balaban J connectivity index is 1.89. The van der Waals surface area contributed by atoms with Gasteiger partial charge in [-0.1, -0.05) is 6.07 Å². The van der Waals surface area contributed by atoms with Crippen molar-refractivity contribution < 1.29 is 48.7 Å². The standard InChI is InChI=1S/C21H20F7N3O4S/c22-16-7-4-12(9-15(16)21(26,27)28)30-19(32)31-17-10-13(36(33,34)29-11-20(23,24)25)5-6-14(17)18-3-1-2-8-35-18/h4-7,9-10,18,29H,1-3,8,11H2,(H2,30,31,32). The number of rotatable bonds is 6. The lowest BCUT2D eigenvalue weighted by atomic mass is 10.00. The number of anilines is 2. The molecule has 198 valence electrons. The highest BCUT2D eigenvalue weighted by molar-refractivity contribution is 7.89. The number of hydrogen-bond donors (Lipinski definition) is 3. The molecule has 3 N–H and O–H groups in total. The van der Waals surface area contributed by atoms with Gasteiger partial charge in [-0.25, -0.2) is 22.3 Å². The molecule has 1 aliphatic heterocycles. The number of carbonyl (C=O) groups is 1. The second kappa shape index (κ2) is 10.6. The van der Waals surface area contributed by atoms with Crippen LogP contribution in [0.15, 0.2) is 41.3 Å². The summed E-state index contributed by atoms with van der Waals surface area (Å²) < 4.78 is 122. The van der Waals surface area contributed by atoms with Gasteiger partial charge < -0.3 is 15.4 Å². The van der Waals surface area contributed by atoms with Gasteiger partial charge in [0.1, 0.15) is 12.4 Å². The van der Waals surface area contributed by atoms with E-state index in [4.69, 9.17) is 4.74 Å². The molecule has 1 fully saturated rings. The molecule has 15 heteroatoms. The molecule has 0 saturated carbocycles. The molecular weight excluding hydrogens is 523 g/mol. The maximum absolute atomic E-state index is 13.5. The summed E-state index contributed by atoms with van der Waals surface area (Å²) in [5, 5.41) is 4.39. The van der Waals surface area contributed by atoms with Crippen LogP contribution in [-0.4, -0.2) is 33.8 Å². The largest absolute Gasteiger partial charge is 0.419 e. The number of benzene rings is 2. The Hall–Kier alpha value is -2.91. The molecule has 3 rings (SSSR count). The molecule has 1 saturated heterocycles. The van der Waals surface area contributed by atoms with E-state index in [0.29, 0.717) is 30.7 Å². The molecule has 2 amide bonds. The molecule has 0 spiro atoms. The predicted octanol–water partition coefficient (Wildman–Crippen LogP) is 5.57. The van der Waals surface area contributed by atoms with E-state index in [2.05, 4.69) is 10.6 Å². The first-order chi connectivity index (χ1) is 16.7. The Morgan fingerprint density at radius 2 is 1.72 bits per heavy atom. The summed E-state index contributed by atoms with van der Waals surface area (Å²) in [6.45, 7) is -1.45. The highest BCUT2D eigenvalue weighted by atomic mass is 32.2. The van der Waals surface area contributed by atoms with Crippen LogP contribution in [0.1, 0.15) is 36.5 Å². The maximum atomic E-state index is 13.5. The zero-order valence-electron chi connectivity index (χ0n) is 18.3. The van der Waals surface area contributed by atoms with E-state index >= 15 is 0 Å². The number of urea groups is 1. The van der Waals surface area contributed by atoms with Crippen LogP contribution in [0.25, 0.3) is 0 Å². The first-order valence-corrected chi connectivity index (χ1v) is 11.9. The number of carbonyl (C=O) groups excluding carboxylic acids is 1. The van der Waals surface area contributed by atoms with Gasteiger partial charge in [-0.05, 0) is 49.6 Å². The summed E-state index contributed by atoms with van der Waals surface area (Å²) in [5.41, 5.74) is -1.85. The topological polar surface area (TPSA) is 96.5 Å².